The van der Waals surface area contributed by atoms with Crippen LogP contribution in [0.1, 0.15) is 103 Å². The molecule has 2 amide bonds. The molecule has 2 aromatic rings. The first kappa shape index (κ1) is 28.6. The summed E-state index contributed by atoms with van der Waals surface area (Å²) in [6.45, 7) is 9.61. The van der Waals surface area contributed by atoms with Crippen molar-refractivity contribution in [1.29, 1.82) is 0 Å². The van der Waals surface area contributed by atoms with Crippen molar-refractivity contribution in [2.75, 3.05) is 33.8 Å². The fraction of sp³-hybridized carbons (Fsp3) is 0.533. The van der Waals surface area contributed by atoms with E-state index < -0.39 is 5.82 Å². The lowest BCUT2D eigenvalue weighted by atomic mass is 9.95. The van der Waals surface area contributed by atoms with E-state index in [1.807, 2.05) is 39.8 Å². The van der Waals surface area contributed by atoms with Gasteiger partial charge < -0.3 is 14.5 Å². The van der Waals surface area contributed by atoms with Crippen molar-refractivity contribution in [2.24, 2.45) is 0 Å². The Morgan fingerprint density at radius 1 is 0.730 bits per heavy atom. The molecule has 2 aromatic carbocycles. The van der Waals surface area contributed by atoms with Crippen LogP contribution in [0.15, 0.2) is 24.3 Å². The SMILES string of the molecule is CC.CC.CN1CCOc2cc(C3CC3)cc(F)c2C1=O.CN1CCc2cc(C3CC3)cc(F)c2C1=O. The molecule has 0 saturated heterocycles. The topological polar surface area (TPSA) is 49.9 Å². The van der Waals surface area contributed by atoms with Crippen molar-refractivity contribution in [2.45, 2.75) is 71.6 Å². The van der Waals surface area contributed by atoms with Crippen LogP contribution in [0, 0.1) is 11.6 Å². The number of halogens is 2. The number of carbonyl (C=O) groups excluding carboxylic acids is 2. The van der Waals surface area contributed by atoms with Crippen molar-refractivity contribution in [3.05, 3.63) is 63.7 Å². The summed E-state index contributed by atoms with van der Waals surface area (Å²) in [5.41, 5.74) is 3.30. The third-order valence-electron chi connectivity index (χ3n) is 6.89. The Kier molecular flexibility index (Phi) is 9.68. The highest BCUT2D eigenvalue weighted by molar-refractivity contribution is 5.98. The lowest BCUT2D eigenvalue weighted by molar-refractivity contribution is 0.0772. The molecule has 6 rings (SSSR count). The number of amides is 2. The highest BCUT2D eigenvalue weighted by Crippen LogP contribution is 2.43. The second-order valence-electron chi connectivity index (χ2n) is 9.51. The van der Waals surface area contributed by atoms with Crippen molar-refractivity contribution in [3.8, 4) is 5.75 Å². The maximum Gasteiger partial charge on any atom is 0.260 e. The first-order chi connectivity index (χ1) is 17.8. The molecule has 7 heteroatoms. The molecule has 0 spiro atoms. The summed E-state index contributed by atoms with van der Waals surface area (Å²) in [7, 11) is 3.38. The van der Waals surface area contributed by atoms with Gasteiger partial charge in [0, 0.05) is 20.6 Å². The van der Waals surface area contributed by atoms with E-state index in [1.165, 1.54) is 11.0 Å². The summed E-state index contributed by atoms with van der Waals surface area (Å²) in [5.74, 6) is 0.128. The first-order valence-corrected chi connectivity index (χ1v) is 13.6. The van der Waals surface area contributed by atoms with Gasteiger partial charge in [0.15, 0.2) is 0 Å². The third kappa shape index (κ3) is 6.49. The van der Waals surface area contributed by atoms with Crippen LogP contribution >= 0.6 is 0 Å². The van der Waals surface area contributed by atoms with Crippen molar-refractivity contribution in [1.82, 2.24) is 9.80 Å². The van der Waals surface area contributed by atoms with Gasteiger partial charge in [-0.25, -0.2) is 8.78 Å². The minimum absolute atomic E-state index is 0.0781. The van der Waals surface area contributed by atoms with Gasteiger partial charge in [0.05, 0.1) is 12.1 Å². The average molecular weight is 515 g/mol. The molecule has 0 atom stereocenters. The molecule has 2 aliphatic carbocycles. The fourth-order valence-electron chi connectivity index (χ4n) is 4.52. The van der Waals surface area contributed by atoms with Gasteiger partial charge in [-0.2, -0.15) is 0 Å². The maximum atomic E-state index is 14.0. The number of ether oxygens (including phenoxy) is 1. The number of rotatable bonds is 2. The van der Waals surface area contributed by atoms with Crippen LogP contribution in [0.3, 0.4) is 0 Å². The van der Waals surface area contributed by atoms with Crippen LogP contribution in [0.2, 0.25) is 0 Å². The van der Waals surface area contributed by atoms with E-state index >= 15 is 0 Å². The van der Waals surface area contributed by atoms with Crippen LogP contribution < -0.4 is 4.74 Å². The van der Waals surface area contributed by atoms with Crippen molar-refractivity contribution < 1.29 is 23.1 Å². The molecule has 202 valence electrons. The lowest BCUT2D eigenvalue weighted by Crippen LogP contribution is -2.35. The first-order valence-electron chi connectivity index (χ1n) is 13.6. The predicted octanol–water partition coefficient (Wildman–Crippen LogP) is 6.55. The van der Waals surface area contributed by atoms with E-state index in [0.717, 1.165) is 48.8 Å². The smallest absolute Gasteiger partial charge is 0.260 e. The second-order valence-corrected chi connectivity index (χ2v) is 9.51. The molecule has 0 bridgehead atoms. The lowest BCUT2D eigenvalue weighted by Gasteiger charge is -2.25. The molecule has 0 radical (unpaired) electrons. The zero-order valence-electron chi connectivity index (χ0n) is 23.0. The quantitative estimate of drug-likeness (QED) is 0.457. The van der Waals surface area contributed by atoms with Crippen LogP contribution in [-0.4, -0.2) is 55.4 Å². The predicted molar refractivity (Wildman–Crippen MR) is 143 cm³/mol. The number of benzene rings is 2. The van der Waals surface area contributed by atoms with E-state index in [0.29, 0.717) is 37.3 Å². The molecular weight excluding hydrogens is 474 g/mol. The Bertz CT molecular complexity index is 1130. The Balaban J connectivity index is 0.000000182. The van der Waals surface area contributed by atoms with Crippen molar-refractivity contribution in [3.63, 3.8) is 0 Å². The molecule has 37 heavy (non-hydrogen) atoms. The normalized spacial score (nSPS) is 17.9. The largest absolute Gasteiger partial charge is 0.491 e. The van der Waals surface area contributed by atoms with Crippen LogP contribution in [0.25, 0.3) is 0 Å². The minimum Gasteiger partial charge on any atom is -0.491 e. The van der Waals surface area contributed by atoms with E-state index in [2.05, 4.69) is 0 Å². The number of nitrogens with zero attached hydrogens (tertiary/aromatic N) is 2. The zero-order valence-corrected chi connectivity index (χ0v) is 23.0. The summed E-state index contributed by atoms with van der Waals surface area (Å²) in [6, 6.07) is 6.89. The molecule has 2 heterocycles. The van der Waals surface area contributed by atoms with Gasteiger partial charge in [-0.15, -0.1) is 0 Å². The monoisotopic (exact) mass is 514 g/mol. The van der Waals surface area contributed by atoms with Gasteiger partial charge in [-0.3, -0.25) is 9.59 Å². The highest BCUT2D eigenvalue weighted by atomic mass is 19.1. The summed E-state index contributed by atoms with van der Waals surface area (Å²) in [4.78, 5) is 26.9. The summed E-state index contributed by atoms with van der Waals surface area (Å²) in [6.07, 6.45) is 5.30. The molecule has 0 aromatic heterocycles. The fourth-order valence-corrected chi connectivity index (χ4v) is 4.52. The Morgan fingerprint density at radius 2 is 1.22 bits per heavy atom. The highest BCUT2D eigenvalue weighted by Gasteiger charge is 2.31. The van der Waals surface area contributed by atoms with Gasteiger partial charge in [0.1, 0.15) is 29.6 Å². The molecule has 2 fully saturated rings. The van der Waals surface area contributed by atoms with Gasteiger partial charge in [-0.05, 0) is 78.8 Å². The molecule has 2 saturated carbocycles. The molecule has 0 N–H and O–H groups in total. The molecule has 5 nitrogen and oxygen atoms in total. The Morgan fingerprint density at radius 3 is 1.78 bits per heavy atom. The molecular formula is C30H40F2N2O3. The molecule has 0 unspecified atom stereocenters. The number of hydrogen-bond donors (Lipinski definition) is 0. The zero-order chi connectivity index (χ0) is 27.3. The number of likely N-dealkylation sites (N-methyl/N-ethyl adjacent to an activating group) is 2. The van der Waals surface area contributed by atoms with E-state index in [-0.39, 0.29) is 28.8 Å². The maximum absolute atomic E-state index is 14.0. The minimum atomic E-state index is -0.455. The van der Waals surface area contributed by atoms with Gasteiger partial charge in [-0.1, -0.05) is 33.8 Å². The summed E-state index contributed by atoms with van der Waals surface area (Å²) < 4.78 is 33.4. The Hall–Kier alpha value is -2.96. The van der Waals surface area contributed by atoms with E-state index in [9.17, 15) is 18.4 Å². The molecule has 2 aliphatic heterocycles. The van der Waals surface area contributed by atoms with E-state index in [1.54, 1.807) is 25.1 Å². The number of fused-ring (bicyclic) bond motifs is 2. The van der Waals surface area contributed by atoms with Gasteiger partial charge in [0.2, 0.25) is 0 Å². The third-order valence-corrected chi connectivity index (χ3v) is 6.89. The van der Waals surface area contributed by atoms with Crippen LogP contribution in [0.4, 0.5) is 8.78 Å². The second kappa shape index (κ2) is 12.5. The van der Waals surface area contributed by atoms with E-state index in [4.69, 9.17) is 4.74 Å². The molecule has 4 aliphatic rings. The Labute approximate surface area is 219 Å². The summed E-state index contributed by atoms with van der Waals surface area (Å²) in [5, 5.41) is 0. The van der Waals surface area contributed by atoms with Crippen LogP contribution in [0.5, 0.6) is 5.75 Å². The average Bonchev–Trinajstić information content (AvgIpc) is 3.80. The summed E-state index contributed by atoms with van der Waals surface area (Å²) >= 11 is 0. The van der Waals surface area contributed by atoms with Crippen molar-refractivity contribution >= 4 is 11.8 Å². The standard InChI is InChI=1S/C13H14FNO2.C13H14FNO.2C2H6/c1-15-4-5-17-11-7-9(8-2-3-8)6-10(14)12(11)13(15)16;1-15-5-4-9-6-10(8-2-3-8)7-11(14)12(9)13(15)16;2*1-2/h6-8H,2-5H2,1H3;6-8H,2-5H2,1H3;2*1-2H3. The van der Waals surface area contributed by atoms with Crippen LogP contribution in [-0.2, 0) is 6.42 Å². The van der Waals surface area contributed by atoms with Gasteiger partial charge >= 0.3 is 0 Å². The van der Waals surface area contributed by atoms with Gasteiger partial charge in [0.25, 0.3) is 11.8 Å². The number of hydrogen-bond acceptors (Lipinski definition) is 3. The number of carbonyl (C=O) groups is 2.